The number of carbonyl (C=O) groups excluding carboxylic acids is 2. The van der Waals surface area contributed by atoms with E-state index in [4.69, 9.17) is 4.74 Å². The second-order valence-electron chi connectivity index (χ2n) is 8.75. The van der Waals surface area contributed by atoms with Gasteiger partial charge in [-0.05, 0) is 59.8 Å². The van der Waals surface area contributed by atoms with E-state index in [1.54, 1.807) is 14.1 Å². The minimum absolute atomic E-state index is 0.0319. The Balaban J connectivity index is 2.54. The van der Waals surface area contributed by atoms with Crippen molar-refractivity contribution in [1.29, 1.82) is 0 Å². The number of alkyl carbamates (subject to hydrolysis) is 1. The van der Waals surface area contributed by atoms with Crippen LogP contribution in [0.5, 0.6) is 0 Å². The monoisotopic (exact) mass is 397 g/mol. The first-order valence-corrected chi connectivity index (χ1v) is 10.3. The first-order valence-electron chi connectivity index (χ1n) is 10.3. The summed E-state index contributed by atoms with van der Waals surface area (Å²) < 4.78 is 5.33. The van der Waals surface area contributed by atoms with E-state index in [2.05, 4.69) is 34.8 Å². The number of carbonyl (C=O) groups is 2. The highest BCUT2D eigenvalue weighted by Gasteiger charge is 2.25. The van der Waals surface area contributed by atoms with E-state index in [1.165, 1.54) is 4.90 Å². The van der Waals surface area contributed by atoms with E-state index < -0.39 is 5.60 Å². The molecule has 1 unspecified atom stereocenters. The number of ether oxygens (including phenoxy) is 1. The fraction of sp³-hybridized carbons (Fsp3) is 0.850. The van der Waals surface area contributed by atoms with Gasteiger partial charge in [0, 0.05) is 32.2 Å². The summed E-state index contributed by atoms with van der Waals surface area (Å²) in [7, 11) is 3.46. The molecule has 28 heavy (non-hydrogen) atoms. The summed E-state index contributed by atoms with van der Waals surface area (Å²) in [6.07, 6.45) is 4.21. The van der Waals surface area contributed by atoms with Crippen LogP contribution in [0.1, 0.15) is 66.7 Å². The third-order valence-corrected chi connectivity index (χ3v) is 4.66. The lowest BCUT2D eigenvalue weighted by molar-refractivity contribution is -0.127. The smallest absolute Gasteiger partial charge is 0.407 e. The van der Waals surface area contributed by atoms with E-state index in [9.17, 15) is 9.59 Å². The SMILES string of the molecule is CCC(C)NC(=NCC(=O)N(C)C)NC1CCC(NC(=O)OC(C)(C)C)CC1. The molecular weight excluding hydrogens is 358 g/mol. The maximum Gasteiger partial charge on any atom is 0.407 e. The van der Waals surface area contributed by atoms with Crippen molar-refractivity contribution < 1.29 is 14.3 Å². The molecule has 3 N–H and O–H groups in total. The van der Waals surface area contributed by atoms with Gasteiger partial charge in [-0.3, -0.25) is 4.79 Å². The van der Waals surface area contributed by atoms with Gasteiger partial charge in [0.1, 0.15) is 12.1 Å². The molecule has 162 valence electrons. The first kappa shape index (κ1) is 24.0. The van der Waals surface area contributed by atoms with E-state index in [-0.39, 0.29) is 36.7 Å². The van der Waals surface area contributed by atoms with Gasteiger partial charge in [-0.25, -0.2) is 9.79 Å². The number of hydrogen-bond acceptors (Lipinski definition) is 4. The lowest BCUT2D eigenvalue weighted by Crippen LogP contribution is -2.50. The Morgan fingerprint density at radius 3 is 2.11 bits per heavy atom. The van der Waals surface area contributed by atoms with Crippen molar-refractivity contribution in [3.8, 4) is 0 Å². The van der Waals surface area contributed by atoms with Crippen LogP contribution in [-0.2, 0) is 9.53 Å². The fourth-order valence-electron chi connectivity index (χ4n) is 2.81. The van der Waals surface area contributed by atoms with Gasteiger partial charge in [-0.2, -0.15) is 0 Å². The molecule has 0 heterocycles. The maximum atomic E-state index is 11.9. The van der Waals surface area contributed by atoms with Gasteiger partial charge in [0.05, 0.1) is 0 Å². The third kappa shape index (κ3) is 9.80. The Bertz CT molecular complexity index is 534. The molecule has 0 radical (unpaired) electrons. The fourth-order valence-corrected chi connectivity index (χ4v) is 2.81. The minimum Gasteiger partial charge on any atom is -0.444 e. The van der Waals surface area contributed by atoms with Crippen molar-refractivity contribution in [3.05, 3.63) is 0 Å². The quantitative estimate of drug-likeness (QED) is 0.472. The van der Waals surface area contributed by atoms with Crippen molar-refractivity contribution >= 4 is 18.0 Å². The summed E-state index contributed by atoms with van der Waals surface area (Å²) in [5.74, 6) is 0.642. The molecular formula is C20H39N5O3. The number of hydrogen-bond donors (Lipinski definition) is 3. The average Bonchev–Trinajstić information content (AvgIpc) is 2.59. The van der Waals surface area contributed by atoms with Crippen molar-refractivity contribution in [2.45, 2.75) is 90.4 Å². The van der Waals surface area contributed by atoms with Gasteiger partial charge >= 0.3 is 6.09 Å². The summed E-state index contributed by atoms with van der Waals surface area (Å²) in [5.41, 5.74) is -0.486. The second-order valence-corrected chi connectivity index (χ2v) is 8.75. The highest BCUT2D eigenvalue weighted by atomic mass is 16.6. The van der Waals surface area contributed by atoms with Gasteiger partial charge in [0.2, 0.25) is 5.91 Å². The molecule has 1 aliphatic rings. The topological polar surface area (TPSA) is 95.1 Å². The van der Waals surface area contributed by atoms with Gasteiger partial charge in [-0.1, -0.05) is 6.92 Å². The molecule has 0 aromatic heterocycles. The summed E-state index contributed by atoms with van der Waals surface area (Å²) in [6, 6.07) is 0.665. The number of nitrogens with one attached hydrogen (secondary N) is 3. The molecule has 0 aliphatic heterocycles. The van der Waals surface area contributed by atoms with Gasteiger partial charge < -0.3 is 25.6 Å². The zero-order chi connectivity index (χ0) is 21.3. The molecule has 1 saturated carbocycles. The Morgan fingerprint density at radius 1 is 1.11 bits per heavy atom. The van der Waals surface area contributed by atoms with Crippen LogP contribution < -0.4 is 16.0 Å². The molecule has 1 fully saturated rings. The standard InChI is InChI=1S/C20H39N5O3/c1-8-14(2)22-18(21-13-17(26)25(6)7)23-15-9-11-16(12-10-15)24-19(27)28-20(3,4)5/h14-16H,8-13H2,1-7H3,(H,24,27)(H2,21,22,23). The zero-order valence-electron chi connectivity index (χ0n) is 18.6. The molecule has 1 rings (SSSR count). The van der Waals surface area contributed by atoms with Crippen LogP contribution in [0.4, 0.5) is 4.79 Å². The predicted molar refractivity (Wildman–Crippen MR) is 112 cm³/mol. The number of amides is 2. The van der Waals surface area contributed by atoms with Crippen LogP contribution in [0.3, 0.4) is 0 Å². The predicted octanol–water partition coefficient (Wildman–Crippen LogP) is 2.24. The average molecular weight is 398 g/mol. The van der Waals surface area contributed by atoms with Gasteiger partial charge in [-0.15, -0.1) is 0 Å². The highest BCUT2D eigenvalue weighted by molar-refractivity contribution is 5.85. The third-order valence-electron chi connectivity index (χ3n) is 4.66. The molecule has 0 saturated heterocycles. The lowest BCUT2D eigenvalue weighted by atomic mass is 9.91. The lowest BCUT2D eigenvalue weighted by Gasteiger charge is -2.31. The number of guanidine groups is 1. The van der Waals surface area contributed by atoms with Crippen LogP contribution >= 0.6 is 0 Å². The van der Waals surface area contributed by atoms with Crippen molar-refractivity contribution in [1.82, 2.24) is 20.9 Å². The van der Waals surface area contributed by atoms with Crippen LogP contribution in [0, 0.1) is 0 Å². The number of rotatable bonds is 6. The van der Waals surface area contributed by atoms with Crippen molar-refractivity contribution in [3.63, 3.8) is 0 Å². The summed E-state index contributed by atoms with van der Waals surface area (Å²) in [5, 5.41) is 9.77. The second kappa shape index (κ2) is 11.1. The molecule has 1 atom stereocenters. The van der Waals surface area contributed by atoms with Gasteiger partial charge in [0.15, 0.2) is 5.96 Å². The van der Waals surface area contributed by atoms with Crippen molar-refractivity contribution in [2.24, 2.45) is 4.99 Å². The highest BCUT2D eigenvalue weighted by Crippen LogP contribution is 2.19. The van der Waals surface area contributed by atoms with Gasteiger partial charge in [0.25, 0.3) is 0 Å². The zero-order valence-corrected chi connectivity index (χ0v) is 18.6. The molecule has 8 heteroatoms. The maximum absolute atomic E-state index is 11.9. The number of aliphatic imine (C=N–C) groups is 1. The van der Waals surface area contributed by atoms with E-state index in [1.807, 2.05) is 20.8 Å². The Labute approximate surface area is 169 Å². The molecule has 2 amide bonds. The summed E-state index contributed by atoms with van der Waals surface area (Å²) >= 11 is 0. The van der Waals surface area contributed by atoms with E-state index in [0.717, 1.165) is 32.1 Å². The molecule has 0 bridgehead atoms. The number of nitrogens with zero attached hydrogens (tertiary/aromatic N) is 2. The van der Waals surface area contributed by atoms with Crippen LogP contribution in [0.15, 0.2) is 4.99 Å². The first-order chi connectivity index (χ1) is 13.0. The molecule has 8 nitrogen and oxygen atoms in total. The van der Waals surface area contributed by atoms with Crippen molar-refractivity contribution in [2.75, 3.05) is 20.6 Å². The number of likely N-dealkylation sites (N-methyl/N-ethyl adjacent to an activating group) is 1. The largest absolute Gasteiger partial charge is 0.444 e. The Hall–Kier alpha value is -1.99. The van der Waals surface area contributed by atoms with Crippen LogP contribution in [-0.4, -0.2) is 67.2 Å². The van der Waals surface area contributed by atoms with Crippen LogP contribution in [0.25, 0.3) is 0 Å². The molecule has 0 aromatic carbocycles. The minimum atomic E-state index is -0.486. The normalized spacial score (nSPS) is 21.5. The van der Waals surface area contributed by atoms with Crippen LogP contribution in [0.2, 0.25) is 0 Å². The molecule has 0 aromatic rings. The van der Waals surface area contributed by atoms with E-state index >= 15 is 0 Å². The summed E-state index contributed by atoms with van der Waals surface area (Å²) in [6.45, 7) is 9.90. The molecule has 1 aliphatic carbocycles. The Morgan fingerprint density at radius 2 is 1.64 bits per heavy atom. The van der Waals surface area contributed by atoms with E-state index in [0.29, 0.717) is 5.96 Å². The Kier molecular flexibility index (Phi) is 9.55. The summed E-state index contributed by atoms with van der Waals surface area (Å²) in [4.78, 5) is 29.8. The molecule has 0 spiro atoms.